The van der Waals surface area contributed by atoms with Crippen LogP contribution in [0.1, 0.15) is 0 Å². The third-order valence-corrected chi connectivity index (χ3v) is 2.23. The van der Waals surface area contributed by atoms with Gasteiger partial charge in [0.2, 0.25) is 0 Å². The molecule has 0 saturated carbocycles. The van der Waals surface area contributed by atoms with Crippen LogP contribution in [0, 0.1) is 0 Å². The van der Waals surface area contributed by atoms with Gasteiger partial charge < -0.3 is 10.1 Å². The van der Waals surface area contributed by atoms with Crippen molar-refractivity contribution in [2.75, 3.05) is 25.5 Å². The Kier molecular flexibility index (Phi) is 2.83. The largest absolute Gasteiger partial charge is 0.378 e. The van der Waals surface area contributed by atoms with E-state index in [1.807, 2.05) is 0 Å². The molecule has 0 aromatic heterocycles. The zero-order valence-electron chi connectivity index (χ0n) is 5.99. The topological polar surface area (TPSA) is 75.6 Å². The van der Waals surface area contributed by atoms with E-state index in [0.717, 1.165) is 0 Å². The fourth-order valence-corrected chi connectivity index (χ4v) is 1.70. The van der Waals surface area contributed by atoms with E-state index in [1.165, 1.54) is 0 Å². The summed E-state index contributed by atoms with van der Waals surface area (Å²) in [6, 6.07) is -0.265. The van der Waals surface area contributed by atoms with Crippen molar-refractivity contribution in [3.8, 4) is 0 Å². The van der Waals surface area contributed by atoms with Crippen LogP contribution in [0.4, 0.5) is 0 Å². The maximum absolute atomic E-state index is 10.4. The van der Waals surface area contributed by atoms with Crippen LogP contribution in [0.3, 0.4) is 0 Å². The molecule has 0 spiro atoms. The van der Waals surface area contributed by atoms with Crippen molar-refractivity contribution in [1.29, 1.82) is 0 Å². The van der Waals surface area contributed by atoms with E-state index in [2.05, 4.69) is 5.32 Å². The summed E-state index contributed by atoms with van der Waals surface area (Å²) in [5.41, 5.74) is 0. The minimum absolute atomic E-state index is 0.265. The van der Waals surface area contributed by atoms with Gasteiger partial charge >= 0.3 is 0 Å². The Labute approximate surface area is 65.5 Å². The van der Waals surface area contributed by atoms with E-state index in [0.29, 0.717) is 19.8 Å². The SMILES string of the molecule is O=S(=O)(O)C[C@@H]1COCCN1. The van der Waals surface area contributed by atoms with Gasteiger partial charge in [-0.15, -0.1) is 0 Å². The van der Waals surface area contributed by atoms with Gasteiger partial charge in [-0.25, -0.2) is 0 Å². The molecule has 0 unspecified atom stereocenters. The molecule has 1 heterocycles. The van der Waals surface area contributed by atoms with Gasteiger partial charge in [0.15, 0.2) is 0 Å². The zero-order chi connectivity index (χ0) is 8.32. The lowest BCUT2D eigenvalue weighted by Gasteiger charge is -2.22. The second-order valence-corrected chi connectivity index (χ2v) is 3.97. The molecule has 0 amide bonds. The van der Waals surface area contributed by atoms with Gasteiger partial charge in [0.1, 0.15) is 0 Å². The summed E-state index contributed by atoms with van der Waals surface area (Å²) in [4.78, 5) is 0. The molecule has 2 N–H and O–H groups in total. The zero-order valence-corrected chi connectivity index (χ0v) is 6.80. The summed E-state index contributed by atoms with van der Waals surface area (Å²) in [5.74, 6) is -0.271. The van der Waals surface area contributed by atoms with Crippen molar-refractivity contribution in [3.05, 3.63) is 0 Å². The molecule has 1 saturated heterocycles. The molecular weight excluding hydrogens is 170 g/mol. The lowest BCUT2D eigenvalue weighted by molar-refractivity contribution is 0.0827. The maximum atomic E-state index is 10.4. The van der Waals surface area contributed by atoms with Crippen molar-refractivity contribution in [2.45, 2.75) is 6.04 Å². The lowest BCUT2D eigenvalue weighted by Crippen LogP contribution is -2.45. The predicted octanol–water partition coefficient (Wildman–Crippen LogP) is -1.14. The summed E-state index contributed by atoms with van der Waals surface area (Å²) >= 11 is 0. The van der Waals surface area contributed by atoms with Gasteiger partial charge in [0, 0.05) is 12.6 Å². The number of rotatable bonds is 2. The van der Waals surface area contributed by atoms with Crippen LogP contribution in [-0.2, 0) is 14.9 Å². The quantitative estimate of drug-likeness (QED) is 0.527. The maximum Gasteiger partial charge on any atom is 0.266 e. The predicted molar refractivity (Wildman–Crippen MR) is 39.0 cm³/mol. The van der Waals surface area contributed by atoms with Crippen molar-refractivity contribution >= 4 is 10.1 Å². The lowest BCUT2D eigenvalue weighted by atomic mass is 10.3. The molecule has 0 aliphatic carbocycles. The highest BCUT2D eigenvalue weighted by Gasteiger charge is 2.18. The van der Waals surface area contributed by atoms with E-state index >= 15 is 0 Å². The van der Waals surface area contributed by atoms with Crippen molar-refractivity contribution in [3.63, 3.8) is 0 Å². The van der Waals surface area contributed by atoms with Crippen LogP contribution < -0.4 is 5.32 Å². The molecule has 0 bridgehead atoms. The molecule has 1 aliphatic heterocycles. The summed E-state index contributed by atoms with van der Waals surface area (Å²) in [6.07, 6.45) is 0. The van der Waals surface area contributed by atoms with Crippen LogP contribution in [0.25, 0.3) is 0 Å². The molecule has 66 valence electrons. The van der Waals surface area contributed by atoms with Crippen LogP contribution in [0.2, 0.25) is 0 Å². The van der Waals surface area contributed by atoms with Gasteiger partial charge in [0.25, 0.3) is 10.1 Å². The average molecular weight is 181 g/mol. The summed E-state index contributed by atoms with van der Waals surface area (Å²) in [7, 11) is -3.87. The molecule has 0 radical (unpaired) electrons. The van der Waals surface area contributed by atoms with E-state index in [9.17, 15) is 8.42 Å². The third kappa shape index (κ3) is 3.66. The van der Waals surface area contributed by atoms with E-state index in [1.54, 1.807) is 0 Å². The Morgan fingerprint density at radius 1 is 1.64 bits per heavy atom. The van der Waals surface area contributed by atoms with Crippen LogP contribution >= 0.6 is 0 Å². The first-order valence-electron chi connectivity index (χ1n) is 3.34. The monoisotopic (exact) mass is 181 g/mol. The number of hydrogen-bond donors (Lipinski definition) is 2. The number of morpholine rings is 1. The standard InChI is InChI=1S/C5H11NO4S/c7-11(8,9)4-5-3-10-2-1-6-5/h5-6H,1-4H2,(H,7,8,9)/t5-/m0/s1. The van der Waals surface area contributed by atoms with Crippen molar-refractivity contribution in [1.82, 2.24) is 5.32 Å². The highest BCUT2D eigenvalue weighted by Crippen LogP contribution is 1.96. The van der Waals surface area contributed by atoms with Crippen molar-refractivity contribution < 1.29 is 17.7 Å². The molecule has 6 heteroatoms. The second-order valence-electron chi connectivity index (χ2n) is 2.47. The molecule has 5 nitrogen and oxygen atoms in total. The average Bonchev–Trinajstić information content (AvgIpc) is 1.85. The highest BCUT2D eigenvalue weighted by molar-refractivity contribution is 7.85. The summed E-state index contributed by atoms with van der Waals surface area (Å²) < 4.78 is 34.2. The Morgan fingerprint density at radius 3 is 2.82 bits per heavy atom. The third-order valence-electron chi connectivity index (χ3n) is 1.41. The van der Waals surface area contributed by atoms with Crippen LogP contribution in [0.15, 0.2) is 0 Å². The molecule has 1 fully saturated rings. The minimum atomic E-state index is -3.87. The van der Waals surface area contributed by atoms with Gasteiger partial charge in [-0.1, -0.05) is 0 Å². The van der Waals surface area contributed by atoms with Crippen LogP contribution in [0.5, 0.6) is 0 Å². The minimum Gasteiger partial charge on any atom is -0.378 e. The van der Waals surface area contributed by atoms with E-state index < -0.39 is 10.1 Å². The summed E-state index contributed by atoms with van der Waals surface area (Å²) in [6.45, 7) is 1.59. The highest BCUT2D eigenvalue weighted by atomic mass is 32.2. The van der Waals surface area contributed by atoms with E-state index in [4.69, 9.17) is 9.29 Å². The Bertz CT molecular complexity index is 207. The van der Waals surface area contributed by atoms with Gasteiger partial charge in [-0.05, 0) is 0 Å². The fraction of sp³-hybridized carbons (Fsp3) is 1.00. The van der Waals surface area contributed by atoms with E-state index in [-0.39, 0.29) is 11.8 Å². The second kappa shape index (κ2) is 3.48. The molecule has 1 atom stereocenters. The first-order valence-corrected chi connectivity index (χ1v) is 4.95. The van der Waals surface area contributed by atoms with Gasteiger partial charge in [0.05, 0.1) is 19.0 Å². The Hall–Kier alpha value is -0.170. The number of hydrogen-bond acceptors (Lipinski definition) is 4. The van der Waals surface area contributed by atoms with Crippen molar-refractivity contribution in [2.24, 2.45) is 0 Å². The molecule has 0 aromatic rings. The molecule has 1 aliphatic rings. The molecule has 1 rings (SSSR count). The molecular formula is C5H11NO4S. The fourth-order valence-electron chi connectivity index (χ4n) is 0.981. The smallest absolute Gasteiger partial charge is 0.266 e. The first-order chi connectivity index (χ1) is 5.08. The normalized spacial score (nSPS) is 26.8. The van der Waals surface area contributed by atoms with Crippen LogP contribution in [-0.4, -0.2) is 44.5 Å². The number of ether oxygens (including phenoxy) is 1. The molecule has 0 aromatic carbocycles. The Balaban J connectivity index is 2.36. The summed E-state index contributed by atoms with van der Waals surface area (Å²) in [5, 5.41) is 2.91. The Morgan fingerprint density at radius 2 is 2.36 bits per heavy atom. The number of nitrogens with one attached hydrogen (secondary N) is 1. The van der Waals surface area contributed by atoms with Gasteiger partial charge in [-0.3, -0.25) is 4.55 Å². The first kappa shape index (κ1) is 8.92. The van der Waals surface area contributed by atoms with Gasteiger partial charge in [-0.2, -0.15) is 8.42 Å². The molecule has 11 heavy (non-hydrogen) atoms.